The highest BCUT2D eigenvalue weighted by molar-refractivity contribution is 7.21. The van der Waals surface area contributed by atoms with Crippen molar-refractivity contribution in [3.63, 3.8) is 0 Å². The largest absolute Gasteiger partial charge is 0.322 e. The molecule has 0 aliphatic carbocycles. The van der Waals surface area contributed by atoms with Gasteiger partial charge in [-0.05, 0) is 55.0 Å². The molecule has 0 unspecified atom stereocenters. The van der Waals surface area contributed by atoms with Crippen LogP contribution in [-0.4, -0.2) is 15.9 Å². The van der Waals surface area contributed by atoms with Gasteiger partial charge in [-0.1, -0.05) is 23.5 Å². The van der Waals surface area contributed by atoms with Gasteiger partial charge in [0.2, 0.25) is 0 Å². The number of fused-ring (bicyclic) bond motifs is 1. The second-order valence-electron chi connectivity index (χ2n) is 5.97. The van der Waals surface area contributed by atoms with Crippen LogP contribution in [0.1, 0.15) is 21.5 Å². The van der Waals surface area contributed by atoms with E-state index in [1.165, 1.54) is 11.3 Å². The van der Waals surface area contributed by atoms with E-state index in [-0.39, 0.29) is 5.91 Å². The second kappa shape index (κ2) is 6.98. The number of carbonyl (C=O) groups excluding carboxylic acids is 1. The Morgan fingerprint density at radius 3 is 2.67 bits per heavy atom. The number of rotatable bonds is 3. The van der Waals surface area contributed by atoms with Gasteiger partial charge in [-0.3, -0.25) is 4.79 Å². The maximum absolute atomic E-state index is 12.5. The van der Waals surface area contributed by atoms with Gasteiger partial charge >= 0.3 is 0 Å². The van der Waals surface area contributed by atoms with Crippen molar-refractivity contribution in [3.8, 4) is 16.6 Å². The van der Waals surface area contributed by atoms with Gasteiger partial charge in [0.25, 0.3) is 5.91 Å². The van der Waals surface area contributed by atoms with Crippen LogP contribution in [0.15, 0.2) is 60.8 Å². The molecule has 4 aromatic rings. The summed E-state index contributed by atoms with van der Waals surface area (Å²) in [6.07, 6.45) is 1.76. The quantitative estimate of drug-likeness (QED) is 0.562. The fraction of sp³-hybridized carbons (Fsp3) is 0.0476. The highest BCUT2D eigenvalue weighted by Crippen LogP contribution is 2.33. The molecule has 0 aliphatic rings. The second-order valence-corrected chi connectivity index (χ2v) is 6.95. The Hall–Kier alpha value is -3.56. The van der Waals surface area contributed by atoms with Crippen LogP contribution < -0.4 is 5.32 Å². The Morgan fingerprint density at radius 2 is 1.93 bits per heavy atom. The Labute approximate surface area is 160 Å². The number of pyridine rings is 1. The lowest BCUT2D eigenvalue weighted by atomic mass is 10.1. The minimum Gasteiger partial charge on any atom is -0.322 e. The van der Waals surface area contributed by atoms with E-state index in [1.54, 1.807) is 30.5 Å². The Kier molecular flexibility index (Phi) is 4.37. The number of amides is 1. The van der Waals surface area contributed by atoms with Gasteiger partial charge in [0, 0.05) is 23.0 Å². The van der Waals surface area contributed by atoms with Gasteiger partial charge in [0.1, 0.15) is 15.4 Å². The zero-order valence-corrected chi connectivity index (χ0v) is 15.2. The Morgan fingerprint density at radius 1 is 1.11 bits per heavy atom. The first kappa shape index (κ1) is 16.9. The maximum atomic E-state index is 12.5. The molecule has 130 valence electrons. The monoisotopic (exact) mass is 370 g/mol. The number of hydrogen-bond donors (Lipinski definition) is 1. The van der Waals surface area contributed by atoms with Gasteiger partial charge in [-0.2, -0.15) is 5.26 Å². The van der Waals surface area contributed by atoms with Crippen molar-refractivity contribution in [2.45, 2.75) is 6.92 Å². The number of thiazole rings is 1. The van der Waals surface area contributed by atoms with Crippen LogP contribution in [0.25, 0.3) is 20.9 Å². The lowest BCUT2D eigenvalue weighted by molar-refractivity contribution is 0.102. The van der Waals surface area contributed by atoms with E-state index in [0.717, 1.165) is 32.2 Å². The van der Waals surface area contributed by atoms with Crippen LogP contribution in [0, 0.1) is 18.3 Å². The van der Waals surface area contributed by atoms with E-state index in [2.05, 4.69) is 15.3 Å². The molecule has 4 rings (SSSR count). The summed E-state index contributed by atoms with van der Waals surface area (Å²) in [5, 5.41) is 12.7. The third-order valence-electron chi connectivity index (χ3n) is 4.26. The van der Waals surface area contributed by atoms with Crippen LogP contribution in [0.3, 0.4) is 0 Å². The average molecular weight is 370 g/mol. The molecule has 0 fully saturated rings. The van der Waals surface area contributed by atoms with Crippen LogP contribution in [0.2, 0.25) is 0 Å². The molecule has 0 saturated carbocycles. The fourth-order valence-corrected chi connectivity index (χ4v) is 3.77. The number of hydrogen-bond acceptors (Lipinski definition) is 5. The van der Waals surface area contributed by atoms with Crippen molar-refractivity contribution >= 4 is 33.3 Å². The first-order chi connectivity index (χ1) is 13.2. The first-order valence-electron chi connectivity index (χ1n) is 8.29. The van der Waals surface area contributed by atoms with E-state index >= 15 is 0 Å². The zero-order valence-electron chi connectivity index (χ0n) is 14.4. The van der Waals surface area contributed by atoms with Gasteiger partial charge in [0.15, 0.2) is 0 Å². The van der Waals surface area contributed by atoms with Gasteiger partial charge in [0.05, 0.1) is 11.6 Å². The minimum atomic E-state index is -0.217. The molecule has 27 heavy (non-hydrogen) atoms. The number of benzene rings is 2. The first-order valence-corrected chi connectivity index (χ1v) is 9.10. The number of aromatic nitrogens is 2. The van der Waals surface area contributed by atoms with Crippen LogP contribution in [-0.2, 0) is 0 Å². The number of nitriles is 1. The van der Waals surface area contributed by atoms with Crippen molar-refractivity contribution in [2.24, 2.45) is 0 Å². The molecule has 1 amide bonds. The van der Waals surface area contributed by atoms with Crippen LogP contribution in [0.4, 0.5) is 5.69 Å². The van der Waals surface area contributed by atoms with Crippen molar-refractivity contribution in [1.82, 2.24) is 9.97 Å². The summed E-state index contributed by atoms with van der Waals surface area (Å²) in [7, 11) is 0. The van der Waals surface area contributed by atoms with Gasteiger partial charge in [-0.15, -0.1) is 0 Å². The Balaban J connectivity index is 1.65. The molecule has 2 aromatic heterocycles. The molecule has 2 heterocycles. The predicted octanol–water partition coefficient (Wildman–Crippen LogP) is 4.79. The van der Waals surface area contributed by atoms with Crippen molar-refractivity contribution in [2.75, 3.05) is 5.32 Å². The lowest BCUT2D eigenvalue weighted by Gasteiger charge is -2.11. The molecule has 0 aliphatic heterocycles. The van der Waals surface area contributed by atoms with E-state index in [9.17, 15) is 4.79 Å². The van der Waals surface area contributed by atoms with E-state index < -0.39 is 0 Å². The molecular formula is C21H14N4OS. The number of nitrogens with zero attached hydrogens (tertiary/aromatic N) is 3. The summed E-state index contributed by atoms with van der Waals surface area (Å²) >= 11 is 1.53. The lowest BCUT2D eigenvalue weighted by Crippen LogP contribution is -2.12. The maximum Gasteiger partial charge on any atom is 0.255 e. The molecular weight excluding hydrogens is 356 g/mol. The molecule has 0 saturated heterocycles. The molecule has 1 N–H and O–H groups in total. The highest BCUT2D eigenvalue weighted by atomic mass is 32.1. The standard InChI is InChI=1S/C21H14N4OS/c1-13-16(20-25-18-6-3-11-23-21(18)27-20)4-2-5-17(13)24-19(26)15-9-7-14(12-22)8-10-15/h2-11H,1H3,(H,24,26). The molecule has 2 aromatic carbocycles. The summed E-state index contributed by atoms with van der Waals surface area (Å²) in [6.45, 7) is 1.96. The van der Waals surface area contributed by atoms with Crippen molar-refractivity contribution in [1.29, 1.82) is 5.26 Å². The molecule has 0 spiro atoms. The summed E-state index contributed by atoms with van der Waals surface area (Å²) in [5.41, 5.74) is 4.53. The van der Waals surface area contributed by atoms with Crippen LogP contribution >= 0.6 is 11.3 Å². The average Bonchev–Trinajstić information content (AvgIpc) is 3.13. The highest BCUT2D eigenvalue weighted by Gasteiger charge is 2.13. The van der Waals surface area contributed by atoms with Crippen molar-refractivity contribution in [3.05, 3.63) is 77.5 Å². The smallest absolute Gasteiger partial charge is 0.255 e. The summed E-state index contributed by atoms with van der Waals surface area (Å²) < 4.78 is 0. The number of carbonyl (C=O) groups is 1. The molecule has 0 atom stereocenters. The summed E-state index contributed by atoms with van der Waals surface area (Å²) in [5.74, 6) is -0.217. The topological polar surface area (TPSA) is 78.7 Å². The summed E-state index contributed by atoms with van der Waals surface area (Å²) in [4.78, 5) is 22.4. The van der Waals surface area contributed by atoms with E-state index in [4.69, 9.17) is 5.26 Å². The normalized spacial score (nSPS) is 10.5. The summed E-state index contributed by atoms with van der Waals surface area (Å²) in [6, 6.07) is 18.2. The van der Waals surface area contributed by atoms with Gasteiger partial charge in [-0.25, -0.2) is 9.97 Å². The van der Waals surface area contributed by atoms with Crippen LogP contribution in [0.5, 0.6) is 0 Å². The predicted molar refractivity (Wildman–Crippen MR) is 107 cm³/mol. The third kappa shape index (κ3) is 3.28. The molecule has 0 bridgehead atoms. The molecule has 6 heteroatoms. The fourth-order valence-electron chi connectivity index (χ4n) is 2.78. The van der Waals surface area contributed by atoms with E-state index in [0.29, 0.717) is 11.1 Å². The third-order valence-corrected chi connectivity index (χ3v) is 5.27. The minimum absolute atomic E-state index is 0.217. The molecule has 5 nitrogen and oxygen atoms in total. The van der Waals surface area contributed by atoms with E-state index in [1.807, 2.05) is 43.3 Å². The number of nitrogens with one attached hydrogen (secondary N) is 1. The SMILES string of the molecule is Cc1c(NC(=O)c2ccc(C#N)cc2)cccc1-c1nc2cccnc2s1. The molecule has 0 radical (unpaired) electrons. The number of anilines is 1. The van der Waals surface area contributed by atoms with Gasteiger partial charge < -0.3 is 5.32 Å². The Bertz CT molecular complexity index is 1160. The van der Waals surface area contributed by atoms with Crippen molar-refractivity contribution < 1.29 is 4.79 Å². The zero-order chi connectivity index (χ0) is 18.8.